The lowest BCUT2D eigenvalue weighted by atomic mass is 9.90. The summed E-state index contributed by atoms with van der Waals surface area (Å²) in [6.07, 6.45) is 3.17. The second-order valence-corrected chi connectivity index (χ2v) is 8.95. The van der Waals surface area contributed by atoms with E-state index in [4.69, 9.17) is 0 Å². The van der Waals surface area contributed by atoms with Crippen LogP contribution >= 0.6 is 0 Å². The molecule has 7 heteroatoms. The predicted molar refractivity (Wildman–Crippen MR) is 108 cm³/mol. The summed E-state index contributed by atoms with van der Waals surface area (Å²) < 4.78 is 0. The van der Waals surface area contributed by atoms with E-state index in [0.29, 0.717) is 18.7 Å². The molecule has 5 rings (SSSR count). The van der Waals surface area contributed by atoms with Gasteiger partial charge < -0.3 is 15.1 Å². The molecule has 3 aliphatic heterocycles. The Morgan fingerprint density at radius 2 is 1.83 bits per heavy atom. The summed E-state index contributed by atoms with van der Waals surface area (Å²) in [5.74, 6) is -0.0430. The van der Waals surface area contributed by atoms with Gasteiger partial charge in [-0.25, -0.2) is 0 Å². The molecule has 2 N–H and O–H groups in total. The van der Waals surface area contributed by atoms with Gasteiger partial charge in [0.05, 0.1) is 5.92 Å². The molecule has 3 atom stereocenters. The number of benzene rings is 1. The Balaban J connectivity index is 1.17. The number of anilines is 1. The maximum absolute atomic E-state index is 12.9. The standard InChI is InChI=1S/C22H28N4O3/c27-19-6-5-17(20(28)24-19)15-1-3-16(4-2-15)25-9-11-26(12-10-25)21(29)18-13-22(18)7-8-23-14-22/h1-4,17-18,23H,5-14H2,(H,24,27,28)/t17-,18?,22?/m1/s1. The van der Waals surface area contributed by atoms with Gasteiger partial charge in [0.15, 0.2) is 0 Å². The molecule has 4 aliphatic rings. The van der Waals surface area contributed by atoms with Crippen molar-refractivity contribution in [2.75, 3.05) is 44.2 Å². The third-order valence-corrected chi connectivity index (χ3v) is 7.26. The van der Waals surface area contributed by atoms with Crippen LogP contribution in [0.3, 0.4) is 0 Å². The smallest absolute Gasteiger partial charge is 0.234 e. The van der Waals surface area contributed by atoms with Gasteiger partial charge in [-0.2, -0.15) is 0 Å². The van der Waals surface area contributed by atoms with Crippen LogP contribution in [0, 0.1) is 11.3 Å². The molecule has 0 radical (unpaired) electrons. The van der Waals surface area contributed by atoms with Crippen LogP contribution in [0.5, 0.6) is 0 Å². The maximum Gasteiger partial charge on any atom is 0.234 e. The molecule has 2 unspecified atom stereocenters. The van der Waals surface area contributed by atoms with Crippen LogP contribution in [-0.2, 0) is 14.4 Å². The fourth-order valence-electron chi connectivity index (χ4n) is 5.27. The number of hydrogen-bond donors (Lipinski definition) is 2. The van der Waals surface area contributed by atoms with Crippen molar-refractivity contribution >= 4 is 23.4 Å². The third-order valence-electron chi connectivity index (χ3n) is 7.26. The second kappa shape index (κ2) is 7.13. The molecule has 7 nitrogen and oxygen atoms in total. The number of rotatable bonds is 3. The average molecular weight is 396 g/mol. The Labute approximate surface area is 170 Å². The minimum Gasteiger partial charge on any atom is -0.368 e. The van der Waals surface area contributed by atoms with Crippen molar-refractivity contribution in [3.63, 3.8) is 0 Å². The normalized spacial score (nSPS) is 31.9. The van der Waals surface area contributed by atoms with Crippen LogP contribution in [0.4, 0.5) is 5.69 Å². The summed E-state index contributed by atoms with van der Waals surface area (Å²) in [4.78, 5) is 40.6. The van der Waals surface area contributed by atoms with E-state index in [1.54, 1.807) is 0 Å². The lowest BCUT2D eigenvalue weighted by Crippen LogP contribution is -2.49. The molecule has 3 amide bonds. The van der Waals surface area contributed by atoms with Crippen LogP contribution < -0.4 is 15.5 Å². The van der Waals surface area contributed by atoms with Gasteiger partial charge in [0, 0.05) is 50.7 Å². The molecule has 0 aromatic heterocycles. The summed E-state index contributed by atoms with van der Waals surface area (Å²) in [6, 6.07) is 8.09. The molecule has 1 spiro atoms. The van der Waals surface area contributed by atoms with Gasteiger partial charge >= 0.3 is 0 Å². The van der Waals surface area contributed by atoms with E-state index < -0.39 is 0 Å². The highest BCUT2D eigenvalue weighted by molar-refractivity contribution is 6.00. The number of hydrogen-bond acceptors (Lipinski definition) is 5. The third kappa shape index (κ3) is 3.41. The van der Waals surface area contributed by atoms with E-state index in [1.807, 2.05) is 17.0 Å². The number of amides is 3. The van der Waals surface area contributed by atoms with Gasteiger partial charge in [-0.15, -0.1) is 0 Å². The molecule has 1 aliphatic carbocycles. The summed E-state index contributed by atoms with van der Waals surface area (Å²) in [5.41, 5.74) is 2.34. The largest absolute Gasteiger partial charge is 0.368 e. The van der Waals surface area contributed by atoms with Crippen molar-refractivity contribution in [2.45, 2.75) is 31.6 Å². The molecule has 29 heavy (non-hydrogen) atoms. The summed E-state index contributed by atoms with van der Waals surface area (Å²) in [5, 5.41) is 5.83. The number of carbonyl (C=O) groups excluding carboxylic acids is 3. The molecular weight excluding hydrogens is 368 g/mol. The first-order chi connectivity index (χ1) is 14.1. The molecule has 3 saturated heterocycles. The second-order valence-electron chi connectivity index (χ2n) is 8.95. The minimum absolute atomic E-state index is 0.184. The van der Waals surface area contributed by atoms with Crippen molar-refractivity contribution in [3.8, 4) is 0 Å². The monoisotopic (exact) mass is 396 g/mol. The Morgan fingerprint density at radius 1 is 1.07 bits per heavy atom. The molecule has 0 bridgehead atoms. The van der Waals surface area contributed by atoms with Crippen molar-refractivity contribution in [1.82, 2.24) is 15.5 Å². The van der Waals surface area contributed by atoms with Crippen molar-refractivity contribution in [2.24, 2.45) is 11.3 Å². The topological polar surface area (TPSA) is 81.8 Å². The number of piperazine rings is 1. The zero-order valence-corrected chi connectivity index (χ0v) is 16.7. The average Bonchev–Trinajstić information content (AvgIpc) is 3.23. The van der Waals surface area contributed by atoms with E-state index in [1.165, 1.54) is 0 Å². The molecule has 3 heterocycles. The van der Waals surface area contributed by atoms with Gasteiger partial charge in [-0.1, -0.05) is 12.1 Å². The highest BCUT2D eigenvalue weighted by Crippen LogP contribution is 2.57. The molecule has 1 aromatic carbocycles. The Bertz CT molecular complexity index is 823. The molecule has 154 valence electrons. The van der Waals surface area contributed by atoms with Crippen LogP contribution in [0.1, 0.15) is 37.2 Å². The first kappa shape index (κ1) is 18.6. The minimum atomic E-state index is -0.243. The Hall–Kier alpha value is -2.41. The zero-order valence-electron chi connectivity index (χ0n) is 16.7. The summed E-state index contributed by atoms with van der Waals surface area (Å²) in [7, 11) is 0. The quantitative estimate of drug-likeness (QED) is 0.741. The van der Waals surface area contributed by atoms with Crippen LogP contribution in [0.2, 0.25) is 0 Å². The summed E-state index contributed by atoms with van der Waals surface area (Å²) >= 11 is 0. The van der Waals surface area contributed by atoms with E-state index in [-0.39, 0.29) is 29.1 Å². The predicted octanol–water partition coefficient (Wildman–Crippen LogP) is 0.855. The van der Waals surface area contributed by atoms with E-state index in [2.05, 4.69) is 27.7 Å². The first-order valence-corrected chi connectivity index (χ1v) is 10.7. The number of nitrogens with zero attached hydrogens (tertiary/aromatic N) is 2. The molecule has 1 saturated carbocycles. The lowest BCUT2D eigenvalue weighted by Gasteiger charge is -2.36. The molecular formula is C22H28N4O3. The molecule has 1 aromatic rings. The van der Waals surface area contributed by atoms with Crippen molar-refractivity contribution in [3.05, 3.63) is 29.8 Å². The van der Waals surface area contributed by atoms with Crippen molar-refractivity contribution in [1.29, 1.82) is 0 Å². The van der Waals surface area contributed by atoms with Crippen LogP contribution in [0.15, 0.2) is 24.3 Å². The zero-order chi connectivity index (χ0) is 20.0. The van der Waals surface area contributed by atoms with E-state index >= 15 is 0 Å². The highest BCUT2D eigenvalue weighted by atomic mass is 16.2. The van der Waals surface area contributed by atoms with E-state index in [0.717, 1.165) is 63.4 Å². The van der Waals surface area contributed by atoms with Gasteiger partial charge in [-0.3, -0.25) is 19.7 Å². The Kier molecular flexibility index (Phi) is 4.57. The Morgan fingerprint density at radius 3 is 2.48 bits per heavy atom. The fraction of sp³-hybridized carbons (Fsp3) is 0.591. The number of imide groups is 1. The number of piperidine rings is 1. The van der Waals surface area contributed by atoms with Crippen LogP contribution in [0.25, 0.3) is 0 Å². The first-order valence-electron chi connectivity index (χ1n) is 10.7. The van der Waals surface area contributed by atoms with Gasteiger partial charge in [-0.05, 0) is 48.9 Å². The van der Waals surface area contributed by atoms with E-state index in [9.17, 15) is 14.4 Å². The summed E-state index contributed by atoms with van der Waals surface area (Å²) in [6.45, 7) is 5.26. The number of carbonyl (C=O) groups is 3. The molecule has 4 fully saturated rings. The SMILES string of the molecule is O=C1CC[C@H](c2ccc(N3CCN(C(=O)C4CC45CCNC5)CC3)cc2)C(=O)N1. The van der Waals surface area contributed by atoms with Gasteiger partial charge in [0.2, 0.25) is 17.7 Å². The number of nitrogens with one attached hydrogen (secondary N) is 2. The van der Waals surface area contributed by atoms with Crippen molar-refractivity contribution < 1.29 is 14.4 Å². The fourth-order valence-corrected chi connectivity index (χ4v) is 5.27. The maximum atomic E-state index is 12.9. The van der Waals surface area contributed by atoms with Gasteiger partial charge in [0.25, 0.3) is 0 Å². The highest BCUT2D eigenvalue weighted by Gasteiger charge is 2.59. The van der Waals surface area contributed by atoms with Crippen LogP contribution in [-0.4, -0.2) is 61.9 Å². The lowest BCUT2D eigenvalue weighted by molar-refractivity contribution is -0.135. The van der Waals surface area contributed by atoms with Gasteiger partial charge in [0.1, 0.15) is 0 Å².